The maximum absolute atomic E-state index is 12.3. The van der Waals surface area contributed by atoms with E-state index < -0.39 is 9.84 Å². The summed E-state index contributed by atoms with van der Waals surface area (Å²) < 4.78 is 31.1. The fourth-order valence-corrected chi connectivity index (χ4v) is 3.72. The number of nitrogens with one attached hydrogen (secondary N) is 2. The van der Waals surface area contributed by atoms with Crippen LogP contribution in [0.3, 0.4) is 0 Å². The summed E-state index contributed by atoms with van der Waals surface area (Å²) in [6.45, 7) is 5.26. The van der Waals surface area contributed by atoms with E-state index in [2.05, 4.69) is 31.6 Å². The molecule has 0 aromatic heterocycles. The third-order valence-corrected chi connectivity index (χ3v) is 6.21. The molecule has 154 valence electrons. The Labute approximate surface area is 188 Å². The number of sulfone groups is 1. The van der Waals surface area contributed by atoms with Gasteiger partial charge in [0.05, 0.1) is 10.6 Å². The highest BCUT2D eigenvalue weighted by molar-refractivity contribution is 14.0. The van der Waals surface area contributed by atoms with Gasteiger partial charge < -0.3 is 15.4 Å². The van der Waals surface area contributed by atoms with Crippen LogP contribution in [0, 0.1) is 5.92 Å². The number of benzene rings is 1. The van der Waals surface area contributed by atoms with Crippen molar-refractivity contribution in [3.8, 4) is 0 Å². The molecule has 0 aliphatic heterocycles. The predicted molar refractivity (Wildman–Crippen MR) is 124 cm³/mol. The standard InChI is InChI=1S/C18H28BrN3O3S.HI/c1-2-20-18(21-10-3-12-25-14-15-4-5-15)22-11-13-26(23,24)17-8-6-16(19)7-9-17;/h6-9,15H,2-5,10-14H2,1H3,(H2,20,21,22);1H. The van der Waals surface area contributed by atoms with Gasteiger partial charge in [-0.1, -0.05) is 15.9 Å². The van der Waals surface area contributed by atoms with Gasteiger partial charge >= 0.3 is 0 Å². The largest absolute Gasteiger partial charge is 0.381 e. The Morgan fingerprint density at radius 2 is 1.96 bits per heavy atom. The van der Waals surface area contributed by atoms with E-state index in [0.717, 1.165) is 36.6 Å². The summed E-state index contributed by atoms with van der Waals surface area (Å²) in [7, 11) is -3.31. The number of halogens is 2. The number of ether oxygens (including phenoxy) is 1. The van der Waals surface area contributed by atoms with Crippen LogP contribution >= 0.6 is 39.9 Å². The molecule has 1 saturated carbocycles. The molecular weight excluding hydrogens is 545 g/mol. The van der Waals surface area contributed by atoms with E-state index in [4.69, 9.17) is 4.74 Å². The average molecular weight is 574 g/mol. The molecule has 0 atom stereocenters. The molecule has 1 aromatic carbocycles. The molecule has 0 heterocycles. The van der Waals surface area contributed by atoms with Crippen LogP contribution in [0.5, 0.6) is 0 Å². The van der Waals surface area contributed by atoms with Gasteiger partial charge in [0.2, 0.25) is 0 Å². The van der Waals surface area contributed by atoms with Crippen LogP contribution < -0.4 is 10.6 Å². The van der Waals surface area contributed by atoms with Crippen molar-refractivity contribution < 1.29 is 13.2 Å². The zero-order valence-corrected chi connectivity index (χ0v) is 20.3. The topological polar surface area (TPSA) is 79.8 Å². The fourth-order valence-electron chi connectivity index (χ4n) is 2.30. The number of nitrogens with zero attached hydrogens (tertiary/aromatic N) is 1. The first-order chi connectivity index (χ1) is 12.5. The van der Waals surface area contributed by atoms with E-state index >= 15 is 0 Å². The minimum absolute atomic E-state index is 0. The number of rotatable bonds is 11. The van der Waals surface area contributed by atoms with Crippen LogP contribution in [-0.2, 0) is 14.6 Å². The quantitative estimate of drug-likeness (QED) is 0.184. The highest BCUT2D eigenvalue weighted by Crippen LogP contribution is 2.28. The number of aliphatic imine (C=N–C) groups is 1. The monoisotopic (exact) mass is 573 g/mol. The van der Waals surface area contributed by atoms with Crippen molar-refractivity contribution in [1.29, 1.82) is 0 Å². The first-order valence-electron chi connectivity index (χ1n) is 9.09. The zero-order chi connectivity index (χ0) is 18.8. The number of hydrogen-bond acceptors (Lipinski definition) is 4. The van der Waals surface area contributed by atoms with Gasteiger partial charge in [0.1, 0.15) is 0 Å². The molecule has 0 saturated heterocycles. The highest BCUT2D eigenvalue weighted by atomic mass is 127. The summed E-state index contributed by atoms with van der Waals surface area (Å²) in [6, 6.07) is 6.69. The van der Waals surface area contributed by atoms with Crippen LogP contribution in [0.2, 0.25) is 0 Å². The number of guanidine groups is 1. The van der Waals surface area contributed by atoms with Crippen LogP contribution in [0.25, 0.3) is 0 Å². The molecule has 1 aliphatic carbocycles. The second-order valence-electron chi connectivity index (χ2n) is 6.33. The van der Waals surface area contributed by atoms with Crippen LogP contribution in [0.4, 0.5) is 0 Å². The van der Waals surface area contributed by atoms with Crippen LogP contribution in [0.1, 0.15) is 26.2 Å². The summed E-state index contributed by atoms with van der Waals surface area (Å²) in [5, 5.41) is 6.22. The van der Waals surface area contributed by atoms with E-state index in [1.165, 1.54) is 12.8 Å². The molecule has 0 radical (unpaired) electrons. The molecule has 1 aliphatic rings. The molecule has 9 heteroatoms. The Morgan fingerprint density at radius 1 is 1.26 bits per heavy atom. The lowest BCUT2D eigenvalue weighted by molar-refractivity contribution is 0.123. The summed E-state index contributed by atoms with van der Waals surface area (Å²) in [5.41, 5.74) is 0. The van der Waals surface area contributed by atoms with Gasteiger partial charge in [0.25, 0.3) is 0 Å². The molecule has 1 aromatic rings. The van der Waals surface area contributed by atoms with Gasteiger partial charge in [-0.2, -0.15) is 0 Å². The van der Waals surface area contributed by atoms with E-state index in [1.807, 2.05) is 6.92 Å². The smallest absolute Gasteiger partial charge is 0.191 e. The van der Waals surface area contributed by atoms with Gasteiger partial charge in [-0.25, -0.2) is 8.42 Å². The van der Waals surface area contributed by atoms with Gasteiger partial charge in [-0.3, -0.25) is 4.99 Å². The molecule has 0 spiro atoms. The lowest BCUT2D eigenvalue weighted by atomic mass is 10.4. The maximum Gasteiger partial charge on any atom is 0.191 e. The van der Waals surface area contributed by atoms with Crippen molar-refractivity contribution in [3.63, 3.8) is 0 Å². The Hall–Kier alpha value is -0.390. The summed E-state index contributed by atoms with van der Waals surface area (Å²) in [5.74, 6) is 1.44. The Kier molecular flexibility index (Phi) is 11.8. The summed E-state index contributed by atoms with van der Waals surface area (Å²) in [4.78, 5) is 4.79. The van der Waals surface area contributed by atoms with Crippen LogP contribution in [0.15, 0.2) is 38.6 Å². The van der Waals surface area contributed by atoms with E-state index in [-0.39, 0.29) is 29.7 Å². The maximum atomic E-state index is 12.3. The fraction of sp³-hybridized carbons (Fsp3) is 0.611. The van der Waals surface area contributed by atoms with Crippen molar-refractivity contribution in [1.82, 2.24) is 10.6 Å². The van der Waals surface area contributed by atoms with Gasteiger partial charge in [-0.15, -0.1) is 24.0 Å². The molecule has 2 N–H and O–H groups in total. The highest BCUT2D eigenvalue weighted by Gasteiger charge is 2.20. The van der Waals surface area contributed by atoms with Gasteiger partial charge in [0, 0.05) is 37.3 Å². The van der Waals surface area contributed by atoms with E-state index in [0.29, 0.717) is 23.9 Å². The zero-order valence-electron chi connectivity index (χ0n) is 15.6. The molecule has 27 heavy (non-hydrogen) atoms. The van der Waals surface area contributed by atoms with E-state index in [9.17, 15) is 8.42 Å². The predicted octanol–water partition coefficient (Wildman–Crippen LogP) is 3.21. The van der Waals surface area contributed by atoms with Crippen molar-refractivity contribution in [2.45, 2.75) is 31.1 Å². The third kappa shape index (κ3) is 10.1. The Balaban J connectivity index is 0.00000364. The molecule has 0 unspecified atom stereocenters. The van der Waals surface area contributed by atoms with Gasteiger partial charge in [0.15, 0.2) is 15.8 Å². The minimum Gasteiger partial charge on any atom is -0.381 e. The van der Waals surface area contributed by atoms with E-state index in [1.54, 1.807) is 24.3 Å². The van der Waals surface area contributed by atoms with Crippen molar-refractivity contribution in [2.24, 2.45) is 10.9 Å². The number of hydrogen-bond donors (Lipinski definition) is 2. The SMILES string of the molecule is CCNC(=NCCCOCC1CC1)NCCS(=O)(=O)c1ccc(Br)cc1.I. The Bertz CT molecular complexity index is 680. The first-order valence-corrected chi connectivity index (χ1v) is 11.5. The molecule has 6 nitrogen and oxygen atoms in total. The van der Waals surface area contributed by atoms with Gasteiger partial charge in [-0.05, 0) is 56.4 Å². The molecule has 1 fully saturated rings. The molecular formula is C18H29BrIN3O3S. The second-order valence-corrected chi connectivity index (χ2v) is 9.36. The molecule has 0 amide bonds. The lowest BCUT2D eigenvalue weighted by Gasteiger charge is -2.11. The first kappa shape index (κ1) is 24.6. The van der Waals surface area contributed by atoms with Crippen LogP contribution in [-0.4, -0.2) is 53.0 Å². The van der Waals surface area contributed by atoms with Crippen molar-refractivity contribution in [2.75, 3.05) is 38.6 Å². The van der Waals surface area contributed by atoms with Crippen molar-refractivity contribution >= 4 is 55.7 Å². The van der Waals surface area contributed by atoms with Crippen molar-refractivity contribution in [3.05, 3.63) is 28.7 Å². The second kappa shape index (κ2) is 12.9. The summed E-state index contributed by atoms with van der Waals surface area (Å²) in [6.07, 6.45) is 3.46. The summed E-state index contributed by atoms with van der Waals surface area (Å²) >= 11 is 3.31. The molecule has 2 rings (SSSR count). The Morgan fingerprint density at radius 3 is 2.59 bits per heavy atom. The third-order valence-electron chi connectivity index (χ3n) is 3.95. The minimum atomic E-state index is -3.31. The average Bonchev–Trinajstić information content (AvgIpc) is 3.42. The lowest BCUT2D eigenvalue weighted by Crippen LogP contribution is -2.39. The normalized spacial score (nSPS) is 14.5. The molecule has 0 bridgehead atoms.